The summed E-state index contributed by atoms with van der Waals surface area (Å²) in [4.78, 5) is 35.9. The van der Waals surface area contributed by atoms with Crippen molar-refractivity contribution in [3.8, 4) is 0 Å². The van der Waals surface area contributed by atoms with Crippen molar-refractivity contribution in [2.75, 3.05) is 19.0 Å². The van der Waals surface area contributed by atoms with Crippen molar-refractivity contribution in [3.63, 3.8) is 0 Å². The van der Waals surface area contributed by atoms with Gasteiger partial charge >= 0.3 is 0 Å². The predicted octanol–water partition coefficient (Wildman–Crippen LogP) is 3.92. The van der Waals surface area contributed by atoms with Crippen LogP contribution in [0.15, 0.2) is 35.4 Å². The number of benzene rings is 1. The highest BCUT2D eigenvalue weighted by Crippen LogP contribution is 2.66. The van der Waals surface area contributed by atoms with Gasteiger partial charge in [-0.15, -0.1) is 0 Å². The highest BCUT2D eigenvalue weighted by molar-refractivity contribution is 5.87. The number of fused-ring (bicyclic) bond motifs is 2. The molecule has 11 heteroatoms. The van der Waals surface area contributed by atoms with Crippen molar-refractivity contribution in [1.29, 1.82) is 0 Å². The third-order valence-electron chi connectivity index (χ3n) is 8.06. The molecule has 1 saturated heterocycles. The maximum atomic E-state index is 14.8. The summed E-state index contributed by atoms with van der Waals surface area (Å²) in [5.74, 6) is -0.748. The van der Waals surface area contributed by atoms with Crippen LogP contribution >= 0.6 is 0 Å². The standard InChI is InChI=1S/C26H28F3N5O3/c1-12(15-7-6-8-16(21(15)27)22(28)29)32-23-17-9-18(25(36)33(4)24(17)31-11-30-23)26(37-5)19-10-34(14(3)35)13(2)20(19)26/h6-9,11-13,19-20,22H,10H2,1-5H3,(H,30,31,32)/t12-,13-,19+,20?,26?/m1/s1. The molecule has 3 heterocycles. The average molecular weight is 516 g/mol. The Morgan fingerprint density at radius 1 is 1.27 bits per heavy atom. The van der Waals surface area contributed by atoms with E-state index in [-0.39, 0.29) is 34.9 Å². The van der Waals surface area contributed by atoms with E-state index in [1.807, 2.05) is 6.92 Å². The van der Waals surface area contributed by atoms with E-state index in [9.17, 15) is 22.8 Å². The van der Waals surface area contributed by atoms with Gasteiger partial charge in [-0.3, -0.25) is 14.2 Å². The molecule has 1 aliphatic heterocycles. The Bertz CT molecular complexity index is 1460. The fraction of sp³-hybridized carbons (Fsp3) is 0.462. The van der Waals surface area contributed by atoms with Gasteiger partial charge in [-0.25, -0.2) is 23.1 Å². The molecule has 0 spiro atoms. The number of piperidine rings is 1. The third-order valence-corrected chi connectivity index (χ3v) is 8.06. The average Bonchev–Trinajstić information content (AvgIpc) is 3.37. The molecule has 0 radical (unpaired) electrons. The monoisotopic (exact) mass is 515 g/mol. The van der Waals surface area contributed by atoms with Gasteiger partial charge in [0.25, 0.3) is 12.0 Å². The fourth-order valence-electron chi connectivity index (χ4n) is 6.19. The zero-order valence-electron chi connectivity index (χ0n) is 21.1. The first-order valence-electron chi connectivity index (χ1n) is 12.0. The lowest BCUT2D eigenvalue weighted by atomic mass is 9.99. The molecule has 1 aromatic carbocycles. The normalized spacial score (nSPS) is 25.4. The number of halogens is 3. The highest BCUT2D eigenvalue weighted by Gasteiger charge is 2.74. The van der Waals surface area contributed by atoms with Crippen LogP contribution in [-0.2, 0) is 22.2 Å². The molecule has 1 N–H and O–H groups in total. The number of nitrogens with zero attached hydrogens (tertiary/aromatic N) is 4. The second kappa shape index (κ2) is 8.83. The Labute approximate surface area is 211 Å². The van der Waals surface area contributed by atoms with Gasteiger partial charge in [0.1, 0.15) is 29.2 Å². The zero-order valence-corrected chi connectivity index (χ0v) is 21.1. The number of aromatic nitrogens is 3. The topological polar surface area (TPSA) is 89.3 Å². The van der Waals surface area contributed by atoms with E-state index in [4.69, 9.17) is 4.74 Å². The first kappa shape index (κ1) is 25.2. The lowest BCUT2D eigenvalue weighted by Crippen LogP contribution is -2.42. The van der Waals surface area contributed by atoms with Crippen molar-refractivity contribution in [3.05, 3.63) is 63.5 Å². The van der Waals surface area contributed by atoms with Crippen LogP contribution in [-0.4, -0.2) is 45.0 Å². The lowest BCUT2D eigenvalue weighted by molar-refractivity contribution is -0.131. The number of nitrogens with one attached hydrogen (secondary N) is 1. The summed E-state index contributed by atoms with van der Waals surface area (Å²) >= 11 is 0. The van der Waals surface area contributed by atoms with E-state index in [0.717, 1.165) is 6.07 Å². The molecule has 5 atom stereocenters. The predicted molar refractivity (Wildman–Crippen MR) is 131 cm³/mol. The highest BCUT2D eigenvalue weighted by atomic mass is 19.3. The number of carbonyl (C=O) groups is 1. The Kier molecular flexibility index (Phi) is 6.01. The first-order valence-corrected chi connectivity index (χ1v) is 12.0. The molecule has 2 fully saturated rings. The smallest absolute Gasteiger partial charge is 0.266 e. The Morgan fingerprint density at radius 3 is 2.57 bits per heavy atom. The van der Waals surface area contributed by atoms with Gasteiger partial charge in [-0.05, 0) is 19.9 Å². The molecule has 1 aliphatic carbocycles. The van der Waals surface area contributed by atoms with Crippen molar-refractivity contribution >= 4 is 22.8 Å². The minimum Gasteiger partial charge on any atom is -0.373 e. The van der Waals surface area contributed by atoms with Gasteiger partial charge in [0.05, 0.1) is 22.6 Å². The number of methoxy groups -OCH3 is 1. The van der Waals surface area contributed by atoms with Gasteiger partial charge < -0.3 is 15.0 Å². The molecular formula is C26H28F3N5O3. The number of ether oxygens (including phenoxy) is 1. The molecule has 8 nitrogen and oxygen atoms in total. The fourth-order valence-corrected chi connectivity index (χ4v) is 6.19. The summed E-state index contributed by atoms with van der Waals surface area (Å²) in [6, 6.07) is 4.78. The number of hydrogen-bond donors (Lipinski definition) is 1. The summed E-state index contributed by atoms with van der Waals surface area (Å²) in [6.07, 6.45) is -1.65. The summed E-state index contributed by atoms with van der Waals surface area (Å²) < 4.78 is 48.7. The summed E-state index contributed by atoms with van der Waals surface area (Å²) in [5, 5.41) is 3.62. The van der Waals surface area contributed by atoms with Crippen molar-refractivity contribution < 1.29 is 22.7 Å². The van der Waals surface area contributed by atoms with Crippen LogP contribution < -0.4 is 10.9 Å². The maximum Gasteiger partial charge on any atom is 0.266 e. The number of amides is 1. The maximum absolute atomic E-state index is 14.8. The summed E-state index contributed by atoms with van der Waals surface area (Å²) in [6.45, 7) is 5.62. The van der Waals surface area contributed by atoms with Crippen molar-refractivity contribution in [2.24, 2.45) is 18.9 Å². The van der Waals surface area contributed by atoms with E-state index in [1.165, 1.54) is 30.0 Å². The molecule has 2 aromatic heterocycles. The Balaban J connectivity index is 1.57. The summed E-state index contributed by atoms with van der Waals surface area (Å²) in [7, 11) is 3.17. The number of pyridine rings is 1. The number of rotatable bonds is 6. The van der Waals surface area contributed by atoms with Gasteiger partial charge in [-0.2, -0.15) is 0 Å². The van der Waals surface area contributed by atoms with Crippen LogP contribution in [0.1, 0.15) is 49.9 Å². The largest absolute Gasteiger partial charge is 0.373 e. The van der Waals surface area contributed by atoms with E-state index < -0.39 is 29.4 Å². The minimum absolute atomic E-state index is 0.0202. The van der Waals surface area contributed by atoms with E-state index in [0.29, 0.717) is 29.0 Å². The molecule has 3 aromatic rings. The van der Waals surface area contributed by atoms with Gasteiger partial charge in [-0.1, -0.05) is 18.2 Å². The van der Waals surface area contributed by atoms with Crippen LogP contribution in [0.3, 0.4) is 0 Å². The molecule has 1 saturated carbocycles. The quantitative estimate of drug-likeness (QED) is 0.536. The molecule has 0 bridgehead atoms. The molecule has 2 unspecified atom stereocenters. The number of anilines is 1. The van der Waals surface area contributed by atoms with Crippen LogP contribution in [0, 0.1) is 17.7 Å². The third kappa shape index (κ3) is 3.62. The van der Waals surface area contributed by atoms with E-state index >= 15 is 0 Å². The number of hydrogen-bond acceptors (Lipinski definition) is 6. The molecule has 5 rings (SSSR count). The number of likely N-dealkylation sites (tertiary alicyclic amines) is 1. The molecule has 196 valence electrons. The zero-order chi connectivity index (χ0) is 26.8. The SMILES string of the molecule is COC1(c2cc3c(N[C@H](C)c4cccc(C(F)F)c4F)ncnc3n(C)c2=O)C2[C@@H](C)N(C(C)=O)C[C@@H]21. The van der Waals surface area contributed by atoms with Gasteiger partial charge in [0.15, 0.2) is 0 Å². The van der Waals surface area contributed by atoms with Crippen LogP contribution in [0.5, 0.6) is 0 Å². The minimum atomic E-state index is -2.94. The van der Waals surface area contributed by atoms with Crippen molar-refractivity contribution in [1.82, 2.24) is 19.4 Å². The van der Waals surface area contributed by atoms with Gasteiger partial charge in [0.2, 0.25) is 5.91 Å². The lowest BCUT2D eigenvalue weighted by Gasteiger charge is -2.30. The molecular weight excluding hydrogens is 487 g/mol. The number of aryl methyl sites for hydroxylation is 1. The first-order chi connectivity index (χ1) is 17.5. The summed E-state index contributed by atoms with van der Waals surface area (Å²) in [5.41, 5.74) is -0.928. The molecule has 2 aliphatic rings. The second-order valence-electron chi connectivity index (χ2n) is 9.84. The van der Waals surface area contributed by atoms with Crippen LogP contribution in [0.4, 0.5) is 19.0 Å². The number of carbonyl (C=O) groups excluding carboxylic acids is 1. The van der Waals surface area contributed by atoms with E-state index in [2.05, 4.69) is 15.3 Å². The second-order valence-corrected chi connectivity index (χ2v) is 9.84. The van der Waals surface area contributed by atoms with E-state index in [1.54, 1.807) is 32.0 Å². The molecule has 37 heavy (non-hydrogen) atoms. The van der Waals surface area contributed by atoms with Crippen LogP contribution in [0.25, 0.3) is 11.0 Å². The van der Waals surface area contributed by atoms with Gasteiger partial charge in [0, 0.05) is 51.1 Å². The number of alkyl halides is 2. The Hall–Kier alpha value is -3.47. The Morgan fingerprint density at radius 2 is 1.97 bits per heavy atom. The van der Waals surface area contributed by atoms with Crippen LogP contribution in [0.2, 0.25) is 0 Å². The van der Waals surface area contributed by atoms with Crippen molar-refractivity contribution in [2.45, 2.75) is 44.9 Å². The molecule has 1 amide bonds.